The lowest BCUT2D eigenvalue weighted by molar-refractivity contribution is 0.0362. The van der Waals surface area contributed by atoms with Crippen LogP contribution in [0.2, 0.25) is 0 Å². The summed E-state index contributed by atoms with van der Waals surface area (Å²) in [5.41, 5.74) is 1.87. The molecule has 3 heterocycles. The number of rotatable bonds is 12. The average Bonchev–Trinajstić information content (AvgIpc) is 2.87. The van der Waals surface area contributed by atoms with E-state index in [1.165, 1.54) is 0 Å². The molecule has 8 heteroatoms. The first-order chi connectivity index (χ1) is 17.9. The Morgan fingerprint density at radius 2 is 1.79 bits per heavy atom. The first-order valence-corrected chi connectivity index (χ1v) is 14.2. The highest BCUT2D eigenvalue weighted by atomic mass is 16.5. The molecule has 3 rings (SSSR count). The monoisotopic (exact) mass is 526 g/mol. The fourth-order valence-electron chi connectivity index (χ4n) is 4.49. The van der Waals surface area contributed by atoms with Gasteiger partial charge in [-0.2, -0.15) is 0 Å². The zero-order valence-electron chi connectivity index (χ0n) is 24.6. The van der Waals surface area contributed by atoms with Crippen LogP contribution in [-0.4, -0.2) is 78.1 Å². The van der Waals surface area contributed by atoms with Gasteiger partial charge in [0.05, 0.1) is 18.4 Å². The van der Waals surface area contributed by atoms with Crippen molar-refractivity contribution in [3.63, 3.8) is 0 Å². The van der Waals surface area contributed by atoms with Gasteiger partial charge in [0.25, 0.3) is 0 Å². The number of hydrogen-bond donors (Lipinski definition) is 3. The summed E-state index contributed by atoms with van der Waals surface area (Å²) in [5, 5.41) is 17.6. The molecule has 8 nitrogen and oxygen atoms in total. The van der Waals surface area contributed by atoms with E-state index in [9.17, 15) is 5.11 Å². The number of aromatic nitrogens is 2. The second-order valence-corrected chi connectivity index (χ2v) is 12.3. The molecular weight excluding hydrogens is 476 g/mol. The maximum Gasteiger partial charge on any atom is 0.129 e. The number of ether oxygens (including phenoxy) is 1. The molecule has 212 valence electrons. The van der Waals surface area contributed by atoms with Crippen molar-refractivity contribution in [3.8, 4) is 0 Å². The van der Waals surface area contributed by atoms with Gasteiger partial charge >= 0.3 is 0 Å². The number of β-amino-alcohol motifs (C(OH)–C–C–N with tert-alkyl or cyclic N) is 1. The van der Waals surface area contributed by atoms with E-state index in [1.807, 2.05) is 18.2 Å². The Labute approximate surface area is 230 Å². The minimum absolute atomic E-state index is 0.0529. The molecule has 1 unspecified atom stereocenters. The smallest absolute Gasteiger partial charge is 0.129 e. The summed E-state index contributed by atoms with van der Waals surface area (Å²) in [4.78, 5) is 14.3. The molecule has 0 aromatic carbocycles. The maximum atomic E-state index is 10.7. The quantitative estimate of drug-likeness (QED) is 0.383. The van der Waals surface area contributed by atoms with Crippen molar-refractivity contribution in [2.75, 3.05) is 55.7 Å². The fraction of sp³-hybridized carbons (Fsp3) is 0.667. The molecule has 0 aliphatic carbocycles. The zero-order chi connectivity index (χ0) is 27.8. The molecule has 1 aliphatic rings. The zero-order valence-corrected chi connectivity index (χ0v) is 24.6. The van der Waals surface area contributed by atoms with Crippen molar-refractivity contribution in [2.24, 2.45) is 0 Å². The Morgan fingerprint density at radius 3 is 2.50 bits per heavy atom. The molecule has 0 saturated carbocycles. The largest absolute Gasteiger partial charge is 0.385 e. The number of aliphatic hydroxyl groups excluding tert-OH is 1. The molecule has 2 aromatic rings. The predicted octanol–water partition coefficient (Wildman–Crippen LogP) is 3.95. The van der Waals surface area contributed by atoms with E-state index in [-0.39, 0.29) is 17.2 Å². The van der Waals surface area contributed by atoms with E-state index in [0.29, 0.717) is 18.8 Å². The molecule has 1 aliphatic heterocycles. The molecular formula is C30H50N6O2. The van der Waals surface area contributed by atoms with Crippen LogP contribution in [0.25, 0.3) is 0 Å². The lowest BCUT2D eigenvalue weighted by Gasteiger charge is -2.35. The van der Waals surface area contributed by atoms with Crippen molar-refractivity contribution < 1.29 is 9.84 Å². The van der Waals surface area contributed by atoms with Crippen LogP contribution in [0.15, 0.2) is 36.4 Å². The van der Waals surface area contributed by atoms with Crippen molar-refractivity contribution in [3.05, 3.63) is 47.8 Å². The van der Waals surface area contributed by atoms with Crippen LogP contribution in [0, 0.1) is 0 Å². The Morgan fingerprint density at radius 1 is 1.05 bits per heavy atom. The van der Waals surface area contributed by atoms with Gasteiger partial charge in [0.1, 0.15) is 17.7 Å². The first-order valence-electron chi connectivity index (χ1n) is 14.2. The first kappa shape index (κ1) is 30.3. The molecule has 0 amide bonds. The summed E-state index contributed by atoms with van der Waals surface area (Å²) in [5.74, 6) is 1.93. The lowest BCUT2D eigenvalue weighted by atomic mass is 10.1. The Hall–Kier alpha value is -2.26. The van der Waals surface area contributed by atoms with E-state index in [0.717, 1.165) is 62.9 Å². The number of aliphatic hydroxyl groups is 1. The number of pyridine rings is 2. The second-order valence-electron chi connectivity index (χ2n) is 12.3. The van der Waals surface area contributed by atoms with E-state index in [4.69, 9.17) is 14.7 Å². The van der Waals surface area contributed by atoms with Crippen molar-refractivity contribution in [1.82, 2.24) is 20.6 Å². The third-order valence-electron chi connectivity index (χ3n) is 6.64. The van der Waals surface area contributed by atoms with Crippen molar-refractivity contribution in [1.29, 1.82) is 0 Å². The summed E-state index contributed by atoms with van der Waals surface area (Å²) < 4.78 is 6.14. The summed E-state index contributed by atoms with van der Waals surface area (Å²) in [6, 6.07) is 12.2. The van der Waals surface area contributed by atoms with Crippen LogP contribution in [0.1, 0.15) is 72.4 Å². The number of morpholine rings is 1. The van der Waals surface area contributed by atoms with Gasteiger partial charge in [0.2, 0.25) is 0 Å². The van der Waals surface area contributed by atoms with Crippen LogP contribution < -0.4 is 20.4 Å². The highest BCUT2D eigenvalue weighted by molar-refractivity contribution is 5.41. The van der Waals surface area contributed by atoms with E-state index < -0.39 is 6.10 Å². The highest BCUT2D eigenvalue weighted by Gasteiger charge is 2.23. The highest BCUT2D eigenvalue weighted by Crippen LogP contribution is 2.21. The van der Waals surface area contributed by atoms with Crippen LogP contribution >= 0.6 is 0 Å². The molecule has 0 bridgehead atoms. The fourth-order valence-corrected chi connectivity index (χ4v) is 4.49. The SMILES string of the molecule is CCN(CCC1CN(c2cccc([C@H](O)CNC(C)(C)C)n2)CCO1)c1cccc(CCNC(C)(C)C)n1. The Balaban J connectivity index is 1.55. The molecule has 3 N–H and O–H groups in total. The van der Waals surface area contributed by atoms with Crippen LogP contribution in [0.5, 0.6) is 0 Å². The minimum atomic E-state index is -0.642. The average molecular weight is 527 g/mol. The molecule has 0 spiro atoms. The van der Waals surface area contributed by atoms with Gasteiger partial charge in [0.15, 0.2) is 0 Å². The number of hydrogen-bond acceptors (Lipinski definition) is 8. The van der Waals surface area contributed by atoms with Gasteiger partial charge in [-0.05, 0) is 79.2 Å². The Kier molecular flexibility index (Phi) is 10.9. The molecule has 0 radical (unpaired) electrons. The van der Waals surface area contributed by atoms with Crippen LogP contribution in [0.4, 0.5) is 11.6 Å². The normalized spacial score (nSPS) is 17.5. The lowest BCUT2D eigenvalue weighted by Crippen LogP contribution is -2.44. The summed E-state index contributed by atoms with van der Waals surface area (Å²) in [6.07, 6.45) is 1.31. The van der Waals surface area contributed by atoms with E-state index in [1.54, 1.807) is 0 Å². The van der Waals surface area contributed by atoms with E-state index in [2.05, 4.69) is 87.1 Å². The Bertz CT molecular complexity index is 987. The number of anilines is 2. The van der Waals surface area contributed by atoms with Crippen LogP contribution in [-0.2, 0) is 11.2 Å². The van der Waals surface area contributed by atoms with Crippen molar-refractivity contribution in [2.45, 2.75) is 84.6 Å². The summed E-state index contributed by atoms with van der Waals surface area (Å²) in [7, 11) is 0. The standard InChI is InChI=1S/C30H50N6O2/c1-8-35(27-13-9-11-23(33-27)15-17-31-29(2,3)4)18-16-24-22-36(19-20-38-24)28-14-10-12-25(34-28)26(37)21-32-30(5,6)7/h9-14,24,26,31-32,37H,8,15-22H2,1-7H3/t24?,26-/m1/s1. The van der Waals surface area contributed by atoms with Gasteiger partial charge in [-0.25, -0.2) is 9.97 Å². The second kappa shape index (κ2) is 13.7. The van der Waals surface area contributed by atoms with Gasteiger partial charge in [0, 0.05) is 62.5 Å². The summed E-state index contributed by atoms with van der Waals surface area (Å²) in [6.45, 7) is 20.4. The maximum absolute atomic E-state index is 10.7. The minimum Gasteiger partial charge on any atom is -0.385 e. The van der Waals surface area contributed by atoms with Gasteiger partial charge in [-0.1, -0.05) is 12.1 Å². The van der Waals surface area contributed by atoms with Gasteiger partial charge in [-0.15, -0.1) is 0 Å². The topological polar surface area (TPSA) is 85.8 Å². The number of nitrogens with zero attached hydrogens (tertiary/aromatic N) is 4. The summed E-state index contributed by atoms with van der Waals surface area (Å²) >= 11 is 0. The van der Waals surface area contributed by atoms with Crippen molar-refractivity contribution >= 4 is 11.6 Å². The number of nitrogens with one attached hydrogen (secondary N) is 2. The molecule has 1 fully saturated rings. The predicted molar refractivity (Wildman–Crippen MR) is 157 cm³/mol. The molecule has 2 atom stereocenters. The molecule has 2 aromatic heterocycles. The third kappa shape index (κ3) is 10.1. The third-order valence-corrected chi connectivity index (χ3v) is 6.64. The molecule has 38 heavy (non-hydrogen) atoms. The van der Waals surface area contributed by atoms with E-state index >= 15 is 0 Å². The molecule has 1 saturated heterocycles. The van der Waals surface area contributed by atoms with Gasteiger partial charge < -0.3 is 30.3 Å². The van der Waals surface area contributed by atoms with Crippen LogP contribution in [0.3, 0.4) is 0 Å². The van der Waals surface area contributed by atoms with Gasteiger partial charge in [-0.3, -0.25) is 0 Å².